The van der Waals surface area contributed by atoms with Gasteiger partial charge in [-0.25, -0.2) is 5.01 Å². The van der Waals surface area contributed by atoms with Gasteiger partial charge in [-0.1, -0.05) is 30.7 Å². The standard InChI is InChI=1S/C24H25ClN4O3S/c1-3-28(14-23(30)26-18-12-17(25)9-8-16(18)2)15-24(31)29-20(22-7-5-11-33-22)13-19(27-29)21-6-4-10-32-21/h4-12,20H,3,13-15H2,1-2H3,(H,26,30)/t20-/m1/s1. The number of nitrogens with one attached hydrogen (secondary N) is 1. The minimum absolute atomic E-state index is 0.0786. The molecular formula is C24H25ClN4O3S. The molecule has 0 bridgehead atoms. The van der Waals surface area contributed by atoms with Crippen molar-refractivity contribution in [3.8, 4) is 0 Å². The van der Waals surface area contributed by atoms with Crippen LogP contribution in [0.2, 0.25) is 5.02 Å². The van der Waals surface area contributed by atoms with E-state index in [0.29, 0.717) is 29.4 Å². The SMILES string of the molecule is CCN(CC(=O)Nc1cc(Cl)ccc1C)CC(=O)N1N=C(c2ccco2)C[C@@H]1c1cccs1. The number of benzene rings is 1. The number of amides is 2. The van der Waals surface area contributed by atoms with Crippen LogP contribution in [0, 0.1) is 6.92 Å². The Labute approximate surface area is 201 Å². The van der Waals surface area contributed by atoms with Crippen molar-refractivity contribution in [2.45, 2.75) is 26.3 Å². The maximum absolute atomic E-state index is 13.3. The number of thiophene rings is 1. The van der Waals surface area contributed by atoms with Gasteiger partial charge in [0.25, 0.3) is 5.91 Å². The Morgan fingerprint density at radius 3 is 2.82 bits per heavy atom. The van der Waals surface area contributed by atoms with E-state index in [9.17, 15) is 9.59 Å². The minimum Gasteiger partial charge on any atom is -0.463 e. The lowest BCUT2D eigenvalue weighted by atomic mass is 10.1. The second-order valence-corrected chi connectivity index (χ2v) is 9.22. The van der Waals surface area contributed by atoms with Gasteiger partial charge in [0.15, 0.2) is 0 Å². The molecule has 0 fully saturated rings. The number of carbonyl (C=O) groups is 2. The summed E-state index contributed by atoms with van der Waals surface area (Å²) in [5.74, 6) is 0.296. The zero-order valence-corrected chi connectivity index (χ0v) is 20.0. The molecule has 4 rings (SSSR count). The fraction of sp³-hybridized carbons (Fsp3) is 0.292. The van der Waals surface area contributed by atoms with Crippen LogP contribution in [0.25, 0.3) is 0 Å². The van der Waals surface area contributed by atoms with Gasteiger partial charge in [-0.2, -0.15) is 5.10 Å². The van der Waals surface area contributed by atoms with Crippen molar-refractivity contribution < 1.29 is 14.0 Å². The molecule has 9 heteroatoms. The lowest BCUT2D eigenvalue weighted by Crippen LogP contribution is -2.41. The largest absolute Gasteiger partial charge is 0.463 e. The van der Waals surface area contributed by atoms with Gasteiger partial charge >= 0.3 is 0 Å². The highest BCUT2D eigenvalue weighted by Crippen LogP contribution is 2.35. The molecule has 0 aliphatic carbocycles. The molecule has 0 spiro atoms. The minimum atomic E-state index is -0.203. The van der Waals surface area contributed by atoms with Crippen LogP contribution in [0.5, 0.6) is 0 Å². The first-order valence-electron chi connectivity index (χ1n) is 10.7. The molecule has 0 unspecified atom stereocenters. The summed E-state index contributed by atoms with van der Waals surface area (Å²) >= 11 is 7.64. The molecule has 2 amide bonds. The monoisotopic (exact) mass is 484 g/mol. The molecule has 172 valence electrons. The number of carbonyl (C=O) groups excluding carboxylic acids is 2. The summed E-state index contributed by atoms with van der Waals surface area (Å²) < 4.78 is 5.50. The maximum atomic E-state index is 13.3. The number of likely N-dealkylation sites (N-methyl/N-ethyl adjacent to an activating group) is 1. The van der Waals surface area contributed by atoms with Crippen LogP contribution in [0.15, 0.2) is 63.6 Å². The molecule has 3 aromatic rings. The van der Waals surface area contributed by atoms with E-state index in [1.165, 1.54) is 5.01 Å². The van der Waals surface area contributed by atoms with Crippen molar-refractivity contribution >= 4 is 46.2 Å². The van der Waals surface area contributed by atoms with E-state index in [0.717, 1.165) is 16.2 Å². The third kappa shape index (κ3) is 5.52. The summed E-state index contributed by atoms with van der Waals surface area (Å²) in [4.78, 5) is 28.8. The number of nitrogens with zero attached hydrogens (tertiary/aromatic N) is 3. The van der Waals surface area contributed by atoms with Crippen LogP contribution < -0.4 is 5.32 Å². The van der Waals surface area contributed by atoms with Gasteiger partial charge in [-0.3, -0.25) is 14.5 Å². The molecule has 0 saturated heterocycles. The third-order valence-electron chi connectivity index (χ3n) is 5.49. The predicted octanol–water partition coefficient (Wildman–Crippen LogP) is 4.94. The highest BCUT2D eigenvalue weighted by Gasteiger charge is 2.35. The van der Waals surface area contributed by atoms with Gasteiger partial charge in [0.1, 0.15) is 11.5 Å². The first-order valence-corrected chi connectivity index (χ1v) is 12.0. The number of aryl methyl sites for hydroxylation is 1. The van der Waals surface area contributed by atoms with E-state index in [1.807, 2.05) is 49.6 Å². The van der Waals surface area contributed by atoms with Crippen LogP contribution in [0.1, 0.15) is 35.6 Å². The Morgan fingerprint density at radius 1 is 1.27 bits per heavy atom. The molecule has 3 heterocycles. The number of hydrogen-bond donors (Lipinski definition) is 1. The quantitative estimate of drug-likeness (QED) is 0.491. The number of furan rings is 1. The van der Waals surface area contributed by atoms with Gasteiger partial charge in [-0.15, -0.1) is 11.3 Å². The molecule has 0 radical (unpaired) electrons. The maximum Gasteiger partial charge on any atom is 0.257 e. The first-order chi connectivity index (χ1) is 15.9. The summed E-state index contributed by atoms with van der Waals surface area (Å²) in [5.41, 5.74) is 2.33. The first kappa shape index (κ1) is 23.2. The Morgan fingerprint density at radius 2 is 2.12 bits per heavy atom. The van der Waals surface area contributed by atoms with Gasteiger partial charge in [0, 0.05) is 22.0 Å². The Bertz CT molecular complexity index is 1140. The lowest BCUT2D eigenvalue weighted by molar-refractivity contribution is -0.134. The smallest absolute Gasteiger partial charge is 0.257 e. The Balaban J connectivity index is 1.45. The van der Waals surface area contributed by atoms with Crippen molar-refractivity contribution in [1.29, 1.82) is 0 Å². The van der Waals surface area contributed by atoms with Gasteiger partial charge in [-0.05, 0) is 54.7 Å². The molecule has 1 atom stereocenters. The molecule has 1 aliphatic heterocycles. The summed E-state index contributed by atoms with van der Waals surface area (Å²) in [5, 5.41) is 11.6. The number of hydrogen-bond acceptors (Lipinski definition) is 6. The zero-order valence-electron chi connectivity index (χ0n) is 18.5. The van der Waals surface area contributed by atoms with Crippen molar-refractivity contribution in [2.75, 3.05) is 25.0 Å². The highest BCUT2D eigenvalue weighted by atomic mass is 35.5. The second-order valence-electron chi connectivity index (χ2n) is 7.81. The fourth-order valence-electron chi connectivity index (χ4n) is 3.70. The predicted molar refractivity (Wildman–Crippen MR) is 131 cm³/mol. The van der Waals surface area contributed by atoms with Crippen molar-refractivity contribution in [2.24, 2.45) is 5.10 Å². The Kier molecular flexibility index (Phi) is 7.27. The number of anilines is 1. The average Bonchev–Trinajstić information content (AvgIpc) is 3.55. The molecular weight excluding hydrogens is 460 g/mol. The normalized spacial score (nSPS) is 15.7. The van der Waals surface area contributed by atoms with Crippen molar-refractivity contribution in [3.63, 3.8) is 0 Å². The van der Waals surface area contributed by atoms with Crippen molar-refractivity contribution in [1.82, 2.24) is 9.91 Å². The molecule has 33 heavy (non-hydrogen) atoms. The van der Waals surface area contributed by atoms with Gasteiger partial charge in [0.2, 0.25) is 5.91 Å². The van der Waals surface area contributed by atoms with Crippen LogP contribution in [0.3, 0.4) is 0 Å². The third-order valence-corrected chi connectivity index (χ3v) is 6.70. The van der Waals surface area contributed by atoms with E-state index in [1.54, 1.807) is 34.6 Å². The van der Waals surface area contributed by atoms with E-state index >= 15 is 0 Å². The second kappa shape index (κ2) is 10.3. The van der Waals surface area contributed by atoms with E-state index in [2.05, 4.69) is 10.4 Å². The number of rotatable bonds is 8. The topological polar surface area (TPSA) is 78.2 Å². The van der Waals surface area contributed by atoms with Crippen LogP contribution in [0.4, 0.5) is 5.69 Å². The lowest BCUT2D eigenvalue weighted by Gasteiger charge is -2.25. The van der Waals surface area contributed by atoms with Crippen LogP contribution in [-0.4, -0.2) is 47.1 Å². The van der Waals surface area contributed by atoms with Gasteiger partial charge in [0.05, 0.1) is 25.4 Å². The van der Waals surface area contributed by atoms with E-state index in [-0.39, 0.29) is 30.9 Å². The fourth-order valence-corrected chi connectivity index (χ4v) is 4.68. The summed E-state index contributed by atoms with van der Waals surface area (Å²) in [6, 6.07) is 12.8. The highest BCUT2D eigenvalue weighted by molar-refractivity contribution is 7.10. The molecule has 0 saturated carbocycles. The summed E-state index contributed by atoms with van der Waals surface area (Å²) in [6.07, 6.45) is 2.18. The molecule has 1 aromatic carbocycles. The summed E-state index contributed by atoms with van der Waals surface area (Å²) in [6.45, 7) is 4.53. The van der Waals surface area contributed by atoms with Crippen LogP contribution in [-0.2, 0) is 9.59 Å². The van der Waals surface area contributed by atoms with Gasteiger partial charge < -0.3 is 9.73 Å². The summed E-state index contributed by atoms with van der Waals surface area (Å²) in [7, 11) is 0. The van der Waals surface area contributed by atoms with E-state index in [4.69, 9.17) is 16.0 Å². The zero-order chi connectivity index (χ0) is 23.4. The van der Waals surface area contributed by atoms with Crippen molar-refractivity contribution in [3.05, 3.63) is 75.3 Å². The number of halogens is 1. The van der Waals surface area contributed by atoms with Crippen LogP contribution >= 0.6 is 22.9 Å². The molecule has 7 nitrogen and oxygen atoms in total. The average molecular weight is 485 g/mol. The molecule has 2 aromatic heterocycles. The Hall–Kier alpha value is -2.94. The number of hydrazone groups is 1. The molecule has 1 aliphatic rings. The molecule has 1 N–H and O–H groups in total. The van der Waals surface area contributed by atoms with E-state index < -0.39 is 0 Å².